The van der Waals surface area contributed by atoms with E-state index >= 15 is 0 Å². The van der Waals surface area contributed by atoms with Gasteiger partial charge in [0.05, 0.1) is 17.6 Å². The highest BCUT2D eigenvalue weighted by atomic mass is 19.4. The van der Waals surface area contributed by atoms with Crippen molar-refractivity contribution in [2.45, 2.75) is 32.1 Å². The van der Waals surface area contributed by atoms with Gasteiger partial charge in [0, 0.05) is 30.3 Å². The highest BCUT2D eigenvalue weighted by Gasteiger charge is 2.31. The largest absolute Gasteiger partial charge is 0.861 e. The van der Waals surface area contributed by atoms with E-state index in [1.807, 2.05) is 10.6 Å². The topological polar surface area (TPSA) is 137 Å². The molecular formula is C24H21F3N8O3. The molecule has 0 bridgehead atoms. The number of nitrogens with zero attached hydrogens (tertiary/aromatic N) is 6. The molecule has 11 nitrogen and oxygen atoms in total. The fourth-order valence-corrected chi connectivity index (χ4v) is 4.05. The number of urea groups is 1. The molecule has 4 heterocycles. The fourth-order valence-electron chi connectivity index (χ4n) is 4.05. The molecule has 4 aromatic rings. The number of carbonyl (C=O) groups is 1. The summed E-state index contributed by atoms with van der Waals surface area (Å²) in [4.78, 5) is 24.6. The number of imidazole rings is 1. The standard InChI is InChI=1S/C24H21F3N8O3/c25-24(26,27)16-8-18(30-22(36)15-4-6-34-14-28-11-20(34)7-15)10-19(9-16)31-23(37)32-21-13-35(33-38-21)12-17-3-1-2-5-29-17/h1-3,5,8-11,13-15H,4,6-7,12H2,(H2-,30,31,32,33,36,37). The van der Waals surface area contributed by atoms with Crippen molar-refractivity contribution in [3.8, 4) is 0 Å². The number of hydrogen-bond acceptors (Lipinski definition) is 7. The van der Waals surface area contributed by atoms with Crippen molar-refractivity contribution in [3.63, 3.8) is 0 Å². The van der Waals surface area contributed by atoms with Gasteiger partial charge in [-0.3, -0.25) is 19.8 Å². The third kappa shape index (κ3) is 5.96. The molecule has 0 saturated heterocycles. The Balaban J connectivity index is 1.29. The quantitative estimate of drug-likeness (QED) is 0.225. The molecule has 1 aliphatic rings. The minimum absolute atomic E-state index is 0.0398. The number of aromatic nitrogens is 5. The molecule has 1 unspecified atom stereocenters. The van der Waals surface area contributed by atoms with Crippen LogP contribution >= 0.6 is 0 Å². The Hall–Kier alpha value is -4.75. The second-order valence-corrected chi connectivity index (χ2v) is 8.65. The summed E-state index contributed by atoms with van der Waals surface area (Å²) in [6, 6.07) is 7.21. The van der Waals surface area contributed by atoms with Gasteiger partial charge < -0.3 is 15.0 Å². The molecule has 196 valence electrons. The van der Waals surface area contributed by atoms with Gasteiger partial charge in [-0.15, -0.1) is 0 Å². The Bertz CT molecular complexity index is 1470. The third-order valence-electron chi connectivity index (χ3n) is 5.86. The maximum atomic E-state index is 13.5. The van der Waals surface area contributed by atoms with E-state index in [9.17, 15) is 23.1 Å². The number of aryl methyl sites for hydroxylation is 1. The zero-order valence-electron chi connectivity index (χ0n) is 19.7. The lowest BCUT2D eigenvalue weighted by molar-refractivity contribution is -0.755. The number of hydrogen-bond donors (Lipinski definition) is 2. The summed E-state index contributed by atoms with van der Waals surface area (Å²) < 4.78 is 49.0. The molecule has 0 spiro atoms. The normalized spacial score (nSPS) is 15.7. The summed E-state index contributed by atoms with van der Waals surface area (Å²) in [6.45, 7) is 0.851. The second kappa shape index (κ2) is 10.3. The summed E-state index contributed by atoms with van der Waals surface area (Å²) >= 11 is 0. The van der Waals surface area contributed by atoms with Gasteiger partial charge in [0.25, 0.3) is 6.20 Å². The van der Waals surface area contributed by atoms with Crippen LogP contribution in [0.4, 0.5) is 35.2 Å². The van der Waals surface area contributed by atoms with Crippen LogP contribution < -0.4 is 20.4 Å². The number of fused-ring (bicyclic) bond motifs is 1. The molecule has 0 radical (unpaired) electrons. The van der Waals surface area contributed by atoms with Gasteiger partial charge in [0.15, 0.2) is 0 Å². The van der Waals surface area contributed by atoms with Crippen molar-refractivity contribution < 1.29 is 32.3 Å². The number of rotatable bonds is 6. The zero-order valence-corrected chi connectivity index (χ0v) is 19.7. The number of halogens is 3. The van der Waals surface area contributed by atoms with Crippen molar-refractivity contribution >= 4 is 29.2 Å². The lowest BCUT2D eigenvalue weighted by Crippen LogP contribution is -2.35. The highest BCUT2D eigenvalue weighted by Crippen LogP contribution is 2.34. The average Bonchev–Trinajstić information content (AvgIpc) is 3.52. The van der Waals surface area contributed by atoms with E-state index in [0.717, 1.165) is 17.8 Å². The fraction of sp³-hybridized carbons (Fsp3) is 0.250. The van der Waals surface area contributed by atoms with Gasteiger partial charge in [-0.25, -0.2) is 9.78 Å². The number of carbonyl (C=O) groups excluding carboxylic acids is 1. The van der Waals surface area contributed by atoms with Crippen LogP contribution in [-0.4, -0.2) is 31.7 Å². The molecular weight excluding hydrogens is 505 g/mol. The molecule has 3 aromatic heterocycles. The first-order chi connectivity index (χ1) is 18.2. The predicted octanol–water partition coefficient (Wildman–Crippen LogP) is 2.92. The maximum Gasteiger partial charge on any atom is 0.416 e. The van der Waals surface area contributed by atoms with Gasteiger partial charge in [-0.05, 0) is 59.7 Å². The number of aliphatic imine (C=N–C) groups is 1. The van der Waals surface area contributed by atoms with E-state index in [4.69, 9.17) is 4.52 Å². The Morgan fingerprint density at radius 2 is 2.13 bits per heavy atom. The first-order valence-electron chi connectivity index (χ1n) is 11.5. The summed E-state index contributed by atoms with van der Waals surface area (Å²) in [7, 11) is 0. The number of alkyl halides is 3. The molecule has 2 N–H and O–H groups in total. The van der Waals surface area contributed by atoms with E-state index in [-0.39, 0.29) is 23.8 Å². The maximum absolute atomic E-state index is 13.5. The van der Waals surface area contributed by atoms with Crippen molar-refractivity contribution in [2.24, 2.45) is 10.9 Å². The second-order valence-electron chi connectivity index (χ2n) is 8.65. The van der Waals surface area contributed by atoms with Gasteiger partial charge in [0.2, 0.25) is 11.8 Å². The lowest BCUT2D eigenvalue weighted by Gasteiger charge is -2.28. The van der Waals surface area contributed by atoms with E-state index in [1.165, 1.54) is 16.9 Å². The van der Waals surface area contributed by atoms with Crippen molar-refractivity contribution in [3.05, 3.63) is 78.3 Å². The average molecular weight is 526 g/mol. The van der Waals surface area contributed by atoms with Crippen LogP contribution in [0.15, 0.2) is 70.8 Å². The Labute approximate surface area is 213 Å². The van der Waals surface area contributed by atoms with Crippen molar-refractivity contribution in [1.82, 2.24) is 19.8 Å². The van der Waals surface area contributed by atoms with E-state index in [1.54, 1.807) is 30.9 Å². The Kier molecular flexibility index (Phi) is 6.77. The molecule has 1 aromatic carbocycles. The molecule has 14 heteroatoms. The van der Waals surface area contributed by atoms with Gasteiger partial charge in [-0.1, -0.05) is 6.07 Å². The van der Waals surface area contributed by atoms with Crippen LogP contribution in [0.2, 0.25) is 0 Å². The molecule has 0 aliphatic carbocycles. The number of benzene rings is 1. The molecule has 1 aliphatic heterocycles. The lowest BCUT2D eigenvalue weighted by atomic mass is 9.96. The summed E-state index contributed by atoms with van der Waals surface area (Å²) in [5.74, 6) is -1.05. The summed E-state index contributed by atoms with van der Waals surface area (Å²) in [5.41, 5.74) is 0.0899. The van der Waals surface area contributed by atoms with Crippen LogP contribution in [0.3, 0.4) is 0 Å². The third-order valence-corrected chi connectivity index (χ3v) is 5.86. The number of nitrogens with one attached hydrogen (secondary N) is 2. The van der Waals surface area contributed by atoms with Gasteiger partial charge >= 0.3 is 18.1 Å². The Morgan fingerprint density at radius 1 is 1.26 bits per heavy atom. The van der Waals surface area contributed by atoms with Crippen LogP contribution in [0.5, 0.6) is 0 Å². The van der Waals surface area contributed by atoms with Crippen LogP contribution in [0.25, 0.3) is 0 Å². The monoisotopic (exact) mass is 526 g/mol. The van der Waals surface area contributed by atoms with E-state index < -0.39 is 29.6 Å². The SMILES string of the molecule is O=C(Nc1cc(N=C([O-])C2CCn3cncc3C2)cc(C(F)(F)F)c1)Nc1c[n+](Cc2ccccn2)no1. The number of amides is 2. The Morgan fingerprint density at radius 3 is 2.92 bits per heavy atom. The van der Waals surface area contributed by atoms with Crippen LogP contribution in [-0.2, 0) is 25.7 Å². The van der Waals surface area contributed by atoms with E-state index in [0.29, 0.717) is 25.1 Å². The van der Waals surface area contributed by atoms with Crippen molar-refractivity contribution in [1.29, 1.82) is 0 Å². The van der Waals surface area contributed by atoms with Crippen LogP contribution in [0, 0.1) is 5.92 Å². The molecule has 0 fully saturated rings. The molecule has 0 saturated carbocycles. The van der Waals surface area contributed by atoms with Gasteiger partial charge in [0.1, 0.15) is 5.69 Å². The molecule has 38 heavy (non-hydrogen) atoms. The predicted molar refractivity (Wildman–Crippen MR) is 125 cm³/mol. The van der Waals surface area contributed by atoms with Gasteiger partial charge in [-0.2, -0.15) is 13.2 Å². The smallest absolute Gasteiger partial charge is 0.416 e. The van der Waals surface area contributed by atoms with Crippen molar-refractivity contribution in [2.75, 3.05) is 10.6 Å². The summed E-state index contributed by atoms with van der Waals surface area (Å²) in [6.07, 6.45) is 2.51. The number of pyridine rings is 1. The highest BCUT2D eigenvalue weighted by molar-refractivity contribution is 5.99. The number of anilines is 2. The zero-order chi connectivity index (χ0) is 26.7. The molecule has 2 amide bonds. The molecule has 1 atom stereocenters. The minimum Gasteiger partial charge on any atom is -0.861 e. The van der Waals surface area contributed by atoms with E-state index in [2.05, 4.69) is 30.9 Å². The van der Waals surface area contributed by atoms with Crippen LogP contribution in [0.1, 0.15) is 23.4 Å². The summed E-state index contributed by atoms with van der Waals surface area (Å²) in [5, 5.41) is 21.2. The first kappa shape index (κ1) is 24.9. The first-order valence-corrected chi connectivity index (χ1v) is 11.5. The minimum atomic E-state index is -4.72. The molecule has 5 rings (SSSR count).